The van der Waals surface area contributed by atoms with Gasteiger partial charge in [-0.25, -0.2) is 0 Å². The van der Waals surface area contributed by atoms with Crippen LogP contribution in [0.15, 0.2) is 18.2 Å². The Labute approximate surface area is 98.4 Å². The smallest absolute Gasteiger partial charge is 0.305 e. The van der Waals surface area contributed by atoms with E-state index in [9.17, 15) is 14.5 Å². The van der Waals surface area contributed by atoms with Crippen LogP contribution in [0.1, 0.15) is 5.56 Å². The second-order valence-corrected chi connectivity index (χ2v) is 4.07. The summed E-state index contributed by atoms with van der Waals surface area (Å²) < 4.78 is 13.1. The van der Waals surface area contributed by atoms with Crippen molar-refractivity contribution in [2.75, 3.05) is 26.2 Å². The van der Waals surface area contributed by atoms with Crippen molar-refractivity contribution < 1.29 is 9.31 Å². The zero-order valence-corrected chi connectivity index (χ0v) is 9.36. The summed E-state index contributed by atoms with van der Waals surface area (Å²) >= 11 is 0. The molecule has 92 valence electrons. The molecule has 1 aromatic rings. The van der Waals surface area contributed by atoms with Crippen molar-refractivity contribution in [3.05, 3.63) is 39.7 Å². The lowest BCUT2D eigenvalue weighted by atomic mass is 10.1. The molecule has 6 heteroatoms. The molecule has 1 heterocycles. The Morgan fingerprint density at radius 2 is 2.12 bits per heavy atom. The summed E-state index contributed by atoms with van der Waals surface area (Å²) in [6.07, 6.45) is 0. The number of hydrogen-bond acceptors (Lipinski definition) is 4. The molecule has 0 atom stereocenters. The van der Waals surface area contributed by atoms with Crippen LogP contribution in [-0.4, -0.2) is 36.0 Å². The number of rotatable bonds is 3. The van der Waals surface area contributed by atoms with Crippen LogP contribution in [-0.2, 0) is 6.54 Å². The van der Waals surface area contributed by atoms with Gasteiger partial charge < -0.3 is 5.32 Å². The summed E-state index contributed by atoms with van der Waals surface area (Å²) in [6, 6.07) is 4.08. The van der Waals surface area contributed by atoms with E-state index in [-0.39, 0.29) is 0 Å². The standard InChI is InChI=1S/C11H14FN3O2/c12-10-2-1-9(7-11(10)15(16)17)8-14-5-3-13-4-6-14/h1-2,7,13H,3-6,8H2. The Morgan fingerprint density at radius 1 is 1.41 bits per heavy atom. The van der Waals surface area contributed by atoms with Gasteiger partial charge in [0.15, 0.2) is 0 Å². The molecule has 1 aliphatic heterocycles. The van der Waals surface area contributed by atoms with E-state index in [4.69, 9.17) is 0 Å². The fraction of sp³-hybridized carbons (Fsp3) is 0.455. The maximum absolute atomic E-state index is 13.1. The SMILES string of the molecule is O=[N+]([O-])c1cc(CN2CCNCC2)ccc1F. The van der Waals surface area contributed by atoms with Gasteiger partial charge in [0.1, 0.15) is 0 Å². The van der Waals surface area contributed by atoms with Gasteiger partial charge in [-0.3, -0.25) is 15.0 Å². The van der Waals surface area contributed by atoms with Gasteiger partial charge in [0, 0.05) is 38.8 Å². The maximum Gasteiger partial charge on any atom is 0.305 e. The highest BCUT2D eigenvalue weighted by Gasteiger charge is 2.16. The Balaban J connectivity index is 2.10. The molecule has 0 radical (unpaired) electrons. The fourth-order valence-corrected chi connectivity index (χ4v) is 1.92. The first kappa shape index (κ1) is 11.9. The number of piperazine rings is 1. The molecule has 1 aromatic carbocycles. The van der Waals surface area contributed by atoms with Crippen LogP contribution in [0, 0.1) is 15.9 Å². The summed E-state index contributed by atoms with van der Waals surface area (Å²) in [6.45, 7) is 4.28. The lowest BCUT2D eigenvalue weighted by Crippen LogP contribution is -2.42. The molecule has 1 N–H and O–H groups in total. The van der Waals surface area contributed by atoms with E-state index in [0.29, 0.717) is 6.54 Å². The Bertz CT molecular complexity index is 419. The van der Waals surface area contributed by atoms with Gasteiger partial charge in [-0.1, -0.05) is 6.07 Å². The predicted molar refractivity (Wildman–Crippen MR) is 61.2 cm³/mol. The van der Waals surface area contributed by atoms with Crippen LogP contribution in [0.5, 0.6) is 0 Å². The van der Waals surface area contributed by atoms with Crippen molar-refractivity contribution in [1.29, 1.82) is 0 Å². The molecule has 1 aliphatic rings. The van der Waals surface area contributed by atoms with E-state index < -0.39 is 16.4 Å². The molecule has 0 amide bonds. The topological polar surface area (TPSA) is 58.4 Å². The summed E-state index contributed by atoms with van der Waals surface area (Å²) in [5, 5.41) is 13.8. The van der Waals surface area contributed by atoms with E-state index in [0.717, 1.165) is 37.8 Å². The van der Waals surface area contributed by atoms with Crippen LogP contribution in [0.4, 0.5) is 10.1 Å². The minimum absolute atomic E-state index is 0.447. The number of benzene rings is 1. The van der Waals surface area contributed by atoms with Gasteiger partial charge in [-0.05, 0) is 11.6 Å². The molecule has 0 aliphatic carbocycles. The number of nitro benzene ring substituents is 1. The molecular formula is C11H14FN3O2. The molecule has 1 saturated heterocycles. The minimum Gasteiger partial charge on any atom is -0.314 e. The first-order valence-electron chi connectivity index (χ1n) is 5.53. The minimum atomic E-state index is -0.779. The molecule has 2 rings (SSSR count). The highest BCUT2D eigenvalue weighted by Crippen LogP contribution is 2.19. The van der Waals surface area contributed by atoms with Crippen molar-refractivity contribution in [3.8, 4) is 0 Å². The maximum atomic E-state index is 13.1. The van der Waals surface area contributed by atoms with E-state index in [1.54, 1.807) is 6.07 Å². The van der Waals surface area contributed by atoms with Crippen molar-refractivity contribution in [2.45, 2.75) is 6.54 Å². The lowest BCUT2D eigenvalue weighted by molar-refractivity contribution is -0.387. The van der Waals surface area contributed by atoms with Crippen LogP contribution >= 0.6 is 0 Å². The quantitative estimate of drug-likeness (QED) is 0.634. The molecular weight excluding hydrogens is 225 g/mol. The normalized spacial score (nSPS) is 17.0. The van der Waals surface area contributed by atoms with Gasteiger partial charge in [-0.15, -0.1) is 0 Å². The molecule has 0 saturated carbocycles. The van der Waals surface area contributed by atoms with Crippen molar-refractivity contribution in [3.63, 3.8) is 0 Å². The van der Waals surface area contributed by atoms with Gasteiger partial charge in [0.05, 0.1) is 4.92 Å². The Kier molecular flexibility index (Phi) is 3.65. The average Bonchev–Trinajstić information content (AvgIpc) is 2.32. The largest absolute Gasteiger partial charge is 0.314 e. The number of nitrogens with zero attached hydrogens (tertiary/aromatic N) is 2. The third-order valence-electron chi connectivity index (χ3n) is 2.82. The zero-order chi connectivity index (χ0) is 12.3. The highest BCUT2D eigenvalue weighted by molar-refractivity contribution is 5.36. The number of nitrogens with one attached hydrogen (secondary N) is 1. The van der Waals surface area contributed by atoms with Crippen LogP contribution in [0.3, 0.4) is 0 Å². The molecule has 5 nitrogen and oxygen atoms in total. The average molecular weight is 239 g/mol. The summed E-state index contributed by atoms with van der Waals surface area (Å²) in [7, 11) is 0. The molecule has 0 spiro atoms. The van der Waals surface area contributed by atoms with Crippen LogP contribution in [0.2, 0.25) is 0 Å². The number of halogens is 1. The van der Waals surface area contributed by atoms with Crippen LogP contribution in [0.25, 0.3) is 0 Å². The number of nitro groups is 1. The van der Waals surface area contributed by atoms with E-state index >= 15 is 0 Å². The van der Waals surface area contributed by atoms with E-state index in [1.807, 2.05) is 0 Å². The second kappa shape index (κ2) is 5.20. The molecule has 17 heavy (non-hydrogen) atoms. The highest BCUT2D eigenvalue weighted by atomic mass is 19.1. The Morgan fingerprint density at radius 3 is 2.76 bits per heavy atom. The molecule has 0 aromatic heterocycles. The van der Waals surface area contributed by atoms with Gasteiger partial charge >= 0.3 is 5.69 Å². The Hall–Kier alpha value is -1.53. The van der Waals surface area contributed by atoms with Gasteiger partial charge in [0.2, 0.25) is 5.82 Å². The first-order valence-corrected chi connectivity index (χ1v) is 5.53. The van der Waals surface area contributed by atoms with Crippen molar-refractivity contribution >= 4 is 5.69 Å². The second-order valence-electron chi connectivity index (χ2n) is 4.07. The monoisotopic (exact) mass is 239 g/mol. The molecule has 0 unspecified atom stereocenters. The molecule has 1 fully saturated rings. The third-order valence-corrected chi connectivity index (χ3v) is 2.82. The van der Waals surface area contributed by atoms with E-state index in [2.05, 4.69) is 10.2 Å². The fourth-order valence-electron chi connectivity index (χ4n) is 1.92. The molecule has 0 bridgehead atoms. The first-order chi connectivity index (χ1) is 8.16. The summed E-state index contributed by atoms with van der Waals surface area (Å²) in [5.74, 6) is -0.779. The summed E-state index contributed by atoms with van der Waals surface area (Å²) in [4.78, 5) is 12.1. The third kappa shape index (κ3) is 2.98. The lowest BCUT2D eigenvalue weighted by Gasteiger charge is -2.27. The zero-order valence-electron chi connectivity index (χ0n) is 9.36. The van der Waals surface area contributed by atoms with Crippen molar-refractivity contribution in [2.24, 2.45) is 0 Å². The number of hydrogen-bond donors (Lipinski definition) is 1. The predicted octanol–water partition coefficient (Wildman–Crippen LogP) is 1.14. The van der Waals surface area contributed by atoms with Gasteiger partial charge in [0.25, 0.3) is 0 Å². The van der Waals surface area contributed by atoms with Crippen molar-refractivity contribution in [1.82, 2.24) is 10.2 Å². The van der Waals surface area contributed by atoms with Gasteiger partial charge in [-0.2, -0.15) is 4.39 Å². The van der Waals surface area contributed by atoms with Crippen LogP contribution < -0.4 is 5.32 Å². The van der Waals surface area contributed by atoms with E-state index in [1.165, 1.54) is 6.07 Å². The summed E-state index contributed by atoms with van der Waals surface area (Å²) in [5.41, 5.74) is 0.331.